The van der Waals surface area contributed by atoms with Gasteiger partial charge in [0, 0.05) is 13.2 Å². The average molecular weight is 356 g/mol. The molecule has 1 unspecified atom stereocenters. The maximum atomic E-state index is 12.3. The van der Waals surface area contributed by atoms with E-state index >= 15 is 0 Å². The van der Waals surface area contributed by atoms with Crippen LogP contribution in [0.2, 0.25) is 0 Å². The van der Waals surface area contributed by atoms with Crippen molar-refractivity contribution in [3.05, 3.63) is 21.0 Å². The Bertz CT molecular complexity index is 527. The van der Waals surface area contributed by atoms with Crippen molar-refractivity contribution in [3.8, 4) is 0 Å². The zero-order chi connectivity index (χ0) is 14.8. The van der Waals surface area contributed by atoms with Gasteiger partial charge >= 0.3 is 6.18 Å². The maximum absolute atomic E-state index is 12.3. The third-order valence-corrected chi connectivity index (χ3v) is 3.62. The molecule has 112 valence electrons. The lowest BCUT2D eigenvalue weighted by Crippen LogP contribution is -2.31. The zero-order valence-corrected chi connectivity index (χ0v) is 12.0. The van der Waals surface area contributed by atoms with E-state index in [0.29, 0.717) is 23.5 Å². The number of rotatable bonds is 4. The van der Waals surface area contributed by atoms with Crippen molar-refractivity contribution < 1.29 is 17.9 Å². The highest BCUT2D eigenvalue weighted by Gasteiger charge is 2.29. The lowest BCUT2D eigenvalue weighted by molar-refractivity contribution is -0.143. The van der Waals surface area contributed by atoms with Crippen LogP contribution in [0.5, 0.6) is 0 Å². The number of ether oxygens (including phenoxy) is 1. The van der Waals surface area contributed by atoms with Gasteiger partial charge in [-0.3, -0.25) is 4.79 Å². The van der Waals surface area contributed by atoms with Gasteiger partial charge in [-0.25, -0.2) is 4.68 Å². The Balaban J connectivity index is 2.07. The predicted octanol–water partition coefficient (Wildman–Crippen LogP) is 2.16. The van der Waals surface area contributed by atoms with Crippen LogP contribution in [0.4, 0.5) is 18.9 Å². The molecular formula is C11H13BrF3N3O2. The van der Waals surface area contributed by atoms with Gasteiger partial charge in [-0.05, 0) is 28.8 Å². The van der Waals surface area contributed by atoms with Crippen LogP contribution < -0.4 is 10.9 Å². The summed E-state index contributed by atoms with van der Waals surface area (Å²) >= 11 is 3.00. The van der Waals surface area contributed by atoms with Crippen molar-refractivity contribution in [3.63, 3.8) is 0 Å². The van der Waals surface area contributed by atoms with Gasteiger partial charge < -0.3 is 10.1 Å². The van der Waals surface area contributed by atoms with Crippen LogP contribution in [-0.2, 0) is 11.3 Å². The minimum atomic E-state index is -4.48. The third-order valence-electron chi connectivity index (χ3n) is 2.86. The number of anilines is 1. The largest absolute Gasteiger partial charge is 0.408 e. The summed E-state index contributed by atoms with van der Waals surface area (Å²) in [5, 5.41) is 6.48. The molecule has 1 aliphatic rings. The first-order chi connectivity index (χ1) is 9.37. The molecule has 0 aromatic carbocycles. The molecule has 1 fully saturated rings. The number of hydrogen-bond donors (Lipinski definition) is 1. The molecule has 0 aliphatic carbocycles. The van der Waals surface area contributed by atoms with E-state index < -0.39 is 18.3 Å². The van der Waals surface area contributed by atoms with Crippen LogP contribution in [0.15, 0.2) is 15.5 Å². The second-order valence-corrected chi connectivity index (χ2v) is 5.26. The van der Waals surface area contributed by atoms with Gasteiger partial charge in [0.15, 0.2) is 0 Å². The molecule has 1 aromatic rings. The van der Waals surface area contributed by atoms with Crippen molar-refractivity contribution in [2.45, 2.75) is 31.7 Å². The van der Waals surface area contributed by atoms with Crippen molar-refractivity contribution in [1.82, 2.24) is 9.78 Å². The van der Waals surface area contributed by atoms with Crippen LogP contribution in [0, 0.1) is 0 Å². The molecule has 1 aliphatic heterocycles. The van der Waals surface area contributed by atoms with E-state index in [4.69, 9.17) is 4.74 Å². The van der Waals surface area contributed by atoms with E-state index in [2.05, 4.69) is 26.3 Å². The summed E-state index contributed by atoms with van der Waals surface area (Å²) in [6.45, 7) is -0.210. The van der Waals surface area contributed by atoms with Crippen LogP contribution in [0.25, 0.3) is 0 Å². The molecule has 20 heavy (non-hydrogen) atoms. The minimum absolute atomic E-state index is 0.0368. The van der Waals surface area contributed by atoms with E-state index in [9.17, 15) is 18.0 Å². The second kappa shape index (κ2) is 6.13. The Kier molecular flexibility index (Phi) is 4.69. The molecule has 0 amide bonds. The van der Waals surface area contributed by atoms with E-state index in [0.717, 1.165) is 12.8 Å². The fraction of sp³-hybridized carbons (Fsp3) is 0.636. The van der Waals surface area contributed by atoms with Gasteiger partial charge in [-0.1, -0.05) is 0 Å². The minimum Gasteiger partial charge on any atom is -0.380 e. The van der Waals surface area contributed by atoms with E-state index in [1.165, 1.54) is 6.20 Å². The smallest absolute Gasteiger partial charge is 0.380 e. The lowest BCUT2D eigenvalue weighted by atomic mass is 10.2. The van der Waals surface area contributed by atoms with Crippen molar-refractivity contribution in [2.75, 3.05) is 18.5 Å². The number of nitrogens with zero attached hydrogens (tertiary/aromatic N) is 2. The predicted molar refractivity (Wildman–Crippen MR) is 69.7 cm³/mol. The third kappa shape index (κ3) is 3.95. The monoisotopic (exact) mass is 355 g/mol. The summed E-state index contributed by atoms with van der Waals surface area (Å²) < 4.78 is 42.6. The molecule has 1 atom stereocenters. The van der Waals surface area contributed by atoms with Gasteiger partial charge in [0.2, 0.25) is 0 Å². The highest BCUT2D eigenvalue weighted by atomic mass is 79.9. The molecule has 2 rings (SSSR count). The Morgan fingerprint density at radius 3 is 2.90 bits per heavy atom. The van der Waals surface area contributed by atoms with Crippen LogP contribution in [0.1, 0.15) is 12.8 Å². The fourth-order valence-electron chi connectivity index (χ4n) is 1.90. The Morgan fingerprint density at radius 1 is 1.55 bits per heavy atom. The Morgan fingerprint density at radius 2 is 2.30 bits per heavy atom. The summed E-state index contributed by atoms with van der Waals surface area (Å²) in [5.41, 5.74) is -0.455. The van der Waals surface area contributed by atoms with Gasteiger partial charge in [-0.2, -0.15) is 18.3 Å². The standard InChI is InChI=1S/C11H13BrF3N3O2/c12-9-8(16-4-7-2-1-3-20-7)5-17-18(10(9)19)6-11(13,14)15/h5,7,16H,1-4,6H2. The number of nitrogens with one attached hydrogen (secondary N) is 1. The molecule has 0 radical (unpaired) electrons. The van der Waals surface area contributed by atoms with Gasteiger partial charge in [0.05, 0.1) is 18.0 Å². The van der Waals surface area contributed by atoms with Gasteiger partial charge in [0.1, 0.15) is 11.0 Å². The molecule has 0 saturated carbocycles. The first-order valence-electron chi connectivity index (χ1n) is 6.04. The average Bonchev–Trinajstić information content (AvgIpc) is 2.86. The highest BCUT2D eigenvalue weighted by Crippen LogP contribution is 2.20. The van der Waals surface area contributed by atoms with Crippen molar-refractivity contribution in [1.29, 1.82) is 0 Å². The topological polar surface area (TPSA) is 56.1 Å². The van der Waals surface area contributed by atoms with Gasteiger partial charge in [0.25, 0.3) is 5.56 Å². The second-order valence-electron chi connectivity index (χ2n) is 4.47. The molecule has 0 spiro atoms. The van der Waals surface area contributed by atoms with E-state index in [-0.39, 0.29) is 10.6 Å². The molecular weight excluding hydrogens is 343 g/mol. The molecule has 5 nitrogen and oxygen atoms in total. The summed E-state index contributed by atoms with van der Waals surface area (Å²) in [6, 6.07) is 0. The van der Waals surface area contributed by atoms with E-state index in [1.54, 1.807) is 0 Å². The zero-order valence-electron chi connectivity index (χ0n) is 10.4. The summed E-state index contributed by atoms with van der Waals surface area (Å²) in [7, 11) is 0. The van der Waals surface area contributed by atoms with Crippen LogP contribution in [0.3, 0.4) is 0 Å². The van der Waals surface area contributed by atoms with E-state index in [1.807, 2.05) is 0 Å². The Labute approximate surface area is 121 Å². The summed E-state index contributed by atoms with van der Waals surface area (Å²) in [4.78, 5) is 11.7. The number of halogens is 4. The lowest BCUT2D eigenvalue weighted by Gasteiger charge is -2.14. The first kappa shape index (κ1) is 15.3. The number of hydrogen-bond acceptors (Lipinski definition) is 4. The SMILES string of the molecule is O=c1c(Br)c(NCC2CCCO2)cnn1CC(F)(F)F. The van der Waals surface area contributed by atoms with Crippen LogP contribution in [-0.4, -0.2) is 35.2 Å². The normalized spacial score (nSPS) is 19.3. The molecule has 2 heterocycles. The molecule has 9 heteroatoms. The quantitative estimate of drug-likeness (QED) is 0.899. The van der Waals surface area contributed by atoms with Crippen molar-refractivity contribution in [2.24, 2.45) is 0 Å². The molecule has 1 aromatic heterocycles. The van der Waals surface area contributed by atoms with Gasteiger partial charge in [-0.15, -0.1) is 0 Å². The highest BCUT2D eigenvalue weighted by molar-refractivity contribution is 9.10. The first-order valence-corrected chi connectivity index (χ1v) is 6.84. The number of alkyl halides is 3. The van der Waals surface area contributed by atoms with Crippen molar-refractivity contribution >= 4 is 21.6 Å². The summed E-state index contributed by atoms with van der Waals surface area (Å²) in [5.74, 6) is 0. The fourth-order valence-corrected chi connectivity index (χ4v) is 2.35. The Hall–Kier alpha value is -1.09. The molecule has 1 N–H and O–H groups in total. The maximum Gasteiger partial charge on any atom is 0.408 e. The summed E-state index contributed by atoms with van der Waals surface area (Å²) in [6.07, 6.45) is -1.32. The molecule has 0 bridgehead atoms. The van der Waals surface area contributed by atoms with Crippen LogP contribution >= 0.6 is 15.9 Å². The molecule has 1 saturated heterocycles. The number of aromatic nitrogens is 2.